The van der Waals surface area contributed by atoms with Crippen LogP contribution in [0.3, 0.4) is 0 Å². The van der Waals surface area contributed by atoms with Crippen LogP contribution in [0.4, 0.5) is 0 Å². The molecule has 0 saturated heterocycles. The van der Waals surface area contributed by atoms with Crippen molar-refractivity contribution in [2.24, 2.45) is 7.05 Å². The molecule has 0 radical (unpaired) electrons. The van der Waals surface area contributed by atoms with Crippen molar-refractivity contribution in [2.45, 2.75) is 50.9 Å². The molecule has 0 amide bonds. The molecule has 9 heteroatoms. The Bertz CT molecular complexity index is 1200. The van der Waals surface area contributed by atoms with E-state index in [9.17, 15) is 14.9 Å². The lowest BCUT2D eigenvalue weighted by molar-refractivity contribution is 0.613. The standard InChI is InChI=1S/C19H22N6O2S/c1-5-6-7-25-16-15(17(26)23-19(25)27)24(4)14(22-16)10-28-18-13(9-20)11(2)8-12(3)21-18/h8H,5-7,10H2,1-4H3,(H,23,26,27). The van der Waals surface area contributed by atoms with Gasteiger partial charge in [0.25, 0.3) is 5.56 Å². The molecule has 0 aliphatic heterocycles. The number of fused-ring (bicyclic) bond motifs is 1. The van der Waals surface area contributed by atoms with E-state index in [1.807, 2.05) is 26.8 Å². The van der Waals surface area contributed by atoms with Gasteiger partial charge in [0.2, 0.25) is 0 Å². The molecule has 3 heterocycles. The molecule has 8 nitrogen and oxygen atoms in total. The number of H-pyrrole nitrogens is 1. The molecule has 1 N–H and O–H groups in total. The Balaban J connectivity index is 2.03. The maximum Gasteiger partial charge on any atom is 0.330 e. The van der Waals surface area contributed by atoms with E-state index in [1.165, 1.54) is 16.3 Å². The van der Waals surface area contributed by atoms with E-state index < -0.39 is 11.2 Å². The number of nitrogens with zero attached hydrogens (tertiary/aromatic N) is 5. The summed E-state index contributed by atoms with van der Waals surface area (Å²) in [6, 6.07) is 4.09. The minimum Gasteiger partial charge on any atom is -0.325 e. The largest absolute Gasteiger partial charge is 0.330 e. The molecule has 0 aliphatic rings. The summed E-state index contributed by atoms with van der Waals surface area (Å²) in [5.41, 5.74) is 2.16. The molecule has 3 rings (SSSR count). The first kappa shape index (κ1) is 19.9. The van der Waals surface area contributed by atoms with Crippen molar-refractivity contribution in [1.82, 2.24) is 24.1 Å². The summed E-state index contributed by atoms with van der Waals surface area (Å²) < 4.78 is 3.22. The van der Waals surface area contributed by atoms with Crippen molar-refractivity contribution >= 4 is 22.9 Å². The second-order valence-electron chi connectivity index (χ2n) is 6.68. The van der Waals surface area contributed by atoms with E-state index in [0.717, 1.165) is 24.1 Å². The highest BCUT2D eigenvalue weighted by Gasteiger charge is 2.17. The van der Waals surface area contributed by atoms with E-state index in [4.69, 9.17) is 0 Å². The average Bonchev–Trinajstić information content (AvgIpc) is 2.96. The van der Waals surface area contributed by atoms with Crippen molar-refractivity contribution in [3.8, 4) is 6.07 Å². The zero-order valence-corrected chi connectivity index (χ0v) is 17.2. The van der Waals surface area contributed by atoms with E-state index in [0.29, 0.717) is 39.9 Å². The van der Waals surface area contributed by atoms with Crippen molar-refractivity contribution in [3.63, 3.8) is 0 Å². The maximum absolute atomic E-state index is 12.3. The summed E-state index contributed by atoms with van der Waals surface area (Å²) in [6.45, 7) is 6.32. The number of hydrogen-bond donors (Lipinski definition) is 1. The van der Waals surface area contributed by atoms with Crippen molar-refractivity contribution < 1.29 is 0 Å². The van der Waals surface area contributed by atoms with Crippen molar-refractivity contribution in [1.29, 1.82) is 5.26 Å². The number of rotatable bonds is 6. The molecule has 0 aliphatic carbocycles. The highest BCUT2D eigenvalue weighted by Crippen LogP contribution is 2.27. The lowest BCUT2D eigenvalue weighted by atomic mass is 10.1. The van der Waals surface area contributed by atoms with Gasteiger partial charge in [-0.2, -0.15) is 5.26 Å². The van der Waals surface area contributed by atoms with Crippen LogP contribution in [-0.2, 0) is 19.3 Å². The van der Waals surface area contributed by atoms with Gasteiger partial charge in [0.1, 0.15) is 16.9 Å². The Morgan fingerprint density at radius 3 is 2.71 bits per heavy atom. The second-order valence-corrected chi connectivity index (χ2v) is 7.65. The normalized spacial score (nSPS) is 11.1. The molecule has 0 atom stereocenters. The Morgan fingerprint density at radius 1 is 1.29 bits per heavy atom. The smallest absolute Gasteiger partial charge is 0.325 e. The van der Waals surface area contributed by atoms with Gasteiger partial charge in [-0.1, -0.05) is 25.1 Å². The number of aromatic nitrogens is 5. The fourth-order valence-electron chi connectivity index (χ4n) is 3.12. The van der Waals surface area contributed by atoms with E-state index >= 15 is 0 Å². The van der Waals surface area contributed by atoms with Crippen LogP contribution in [0.1, 0.15) is 42.4 Å². The van der Waals surface area contributed by atoms with Gasteiger partial charge in [0.05, 0.1) is 11.3 Å². The summed E-state index contributed by atoms with van der Waals surface area (Å²) >= 11 is 1.40. The Morgan fingerprint density at radius 2 is 2.04 bits per heavy atom. The van der Waals surface area contributed by atoms with E-state index in [-0.39, 0.29) is 0 Å². The van der Waals surface area contributed by atoms with Gasteiger partial charge < -0.3 is 4.57 Å². The first-order valence-corrected chi connectivity index (χ1v) is 10.1. The molecular formula is C19H22N6O2S. The van der Waals surface area contributed by atoms with Gasteiger partial charge >= 0.3 is 5.69 Å². The molecular weight excluding hydrogens is 376 g/mol. The van der Waals surface area contributed by atoms with Gasteiger partial charge in [-0.05, 0) is 31.9 Å². The lowest BCUT2D eigenvalue weighted by Gasteiger charge is -2.07. The van der Waals surface area contributed by atoms with Crippen LogP contribution in [0.15, 0.2) is 20.7 Å². The second kappa shape index (κ2) is 8.02. The molecule has 0 saturated carbocycles. The Kier molecular flexibility index (Phi) is 5.70. The molecule has 3 aromatic heterocycles. The number of pyridine rings is 1. The van der Waals surface area contributed by atoms with Crippen LogP contribution < -0.4 is 11.2 Å². The third-order valence-electron chi connectivity index (χ3n) is 4.60. The SMILES string of the molecule is CCCCn1c(=O)[nH]c(=O)c2c1nc(CSc1nc(C)cc(C)c1C#N)n2C. The molecule has 0 aromatic carbocycles. The van der Waals surface area contributed by atoms with Crippen LogP contribution in [0.2, 0.25) is 0 Å². The first-order chi connectivity index (χ1) is 13.4. The van der Waals surface area contributed by atoms with Crippen LogP contribution in [0.5, 0.6) is 0 Å². The van der Waals surface area contributed by atoms with Crippen LogP contribution in [0, 0.1) is 25.2 Å². The van der Waals surface area contributed by atoms with Crippen LogP contribution in [-0.4, -0.2) is 24.1 Å². The Hall–Kier alpha value is -2.86. The van der Waals surface area contributed by atoms with Gasteiger partial charge in [0.15, 0.2) is 11.2 Å². The van der Waals surface area contributed by atoms with Crippen LogP contribution >= 0.6 is 11.8 Å². The lowest BCUT2D eigenvalue weighted by Crippen LogP contribution is -2.31. The number of hydrogen-bond acceptors (Lipinski definition) is 6. The summed E-state index contributed by atoms with van der Waals surface area (Å²) in [6.07, 6.45) is 1.75. The minimum atomic E-state index is -0.443. The van der Waals surface area contributed by atoms with Crippen molar-refractivity contribution in [3.05, 3.63) is 49.5 Å². The van der Waals surface area contributed by atoms with Gasteiger partial charge in [-0.3, -0.25) is 14.3 Å². The number of unbranched alkanes of at least 4 members (excludes halogenated alkanes) is 1. The molecule has 0 bridgehead atoms. The van der Waals surface area contributed by atoms with E-state index in [1.54, 1.807) is 11.6 Å². The van der Waals surface area contributed by atoms with Gasteiger partial charge in [0, 0.05) is 19.3 Å². The van der Waals surface area contributed by atoms with E-state index in [2.05, 4.69) is 21.0 Å². The number of aryl methyl sites for hydroxylation is 4. The molecule has 0 unspecified atom stereocenters. The van der Waals surface area contributed by atoms with Gasteiger partial charge in [-0.15, -0.1) is 0 Å². The summed E-state index contributed by atoms with van der Waals surface area (Å²) in [5.74, 6) is 1.07. The van der Waals surface area contributed by atoms with Gasteiger partial charge in [-0.25, -0.2) is 14.8 Å². The zero-order chi connectivity index (χ0) is 20.4. The number of imidazole rings is 1. The zero-order valence-electron chi connectivity index (χ0n) is 16.4. The van der Waals surface area contributed by atoms with Crippen LogP contribution in [0.25, 0.3) is 11.2 Å². The minimum absolute atomic E-state index is 0.375. The topological polar surface area (TPSA) is 109 Å². The maximum atomic E-state index is 12.3. The number of aromatic amines is 1. The molecule has 0 spiro atoms. The highest BCUT2D eigenvalue weighted by atomic mass is 32.2. The summed E-state index contributed by atoms with van der Waals surface area (Å²) in [7, 11) is 1.76. The predicted octanol–water partition coefficient (Wildman–Crippen LogP) is 2.40. The summed E-state index contributed by atoms with van der Waals surface area (Å²) in [5, 5.41) is 10.1. The first-order valence-electron chi connectivity index (χ1n) is 9.06. The third-order valence-corrected chi connectivity index (χ3v) is 5.57. The number of thioether (sulfide) groups is 1. The third kappa shape index (κ3) is 3.60. The fourth-order valence-corrected chi connectivity index (χ4v) is 4.20. The number of nitrogens with one attached hydrogen (secondary N) is 1. The molecule has 28 heavy (non-hydrogen) atoms. The number of nitriles is 1. The Labute approximate surface area is 166 Å². The predicted molar refractivity (Wildman–Crippen MR) is 108 cm³/mol. The summed E-state index contributed by atoms with van der Waals surface area (Å²) in [4.78, 5) is 36.0. The molecule has 146 valence electrons. The van der Waals surface area contributed by atoms with Crippen molar-refractivity contribution in [2.75, 3.05) is 0 Å². The molecule has 0 fully saturated rings. The average molecular weight is 398 g/mol. The molecule has 3 aromatic rings. The highest BCUT2D eigenvalue weighted by molar-refractivity contribution is 7.98. The fraction of sp³-hybridized carbons (Fsp3) is 0.421. The monoisotopic (exact) mass is 398 g/mol. The quantitative estimate of drug-likeness (QED) is 0.639.